The standard InChI is InChI=1S/C16H22N4S/c1-2-6-18-16(5-1)20-11-9-19(10-12-20)8-7-17-14-15-4-3-13-21-15/h1-6,13,17H,7-12,14H2. The minimum absolute atomic E-state index is 0.992. The van der Waals surface area contributed by atoms with E-state index in [0.717, 1.165) is 51.6 Å². The maximum Gasteiger partial charge on any atom is 0.128 e. The van der Waals surface area contributed by atoms with Crippen LogP contribution in [-0.4, -0.2) is 49.2 Å². The van der Waals surface area contributed by atoms with Crippen LogP contribution in [0, 0.1) is 0 Å². The summed E-state index contributed by atoms with van der Waals surface area (Å²) in [7, 11) is 0. The molecule has 1 aliphatic rings. The second kappa shape index (κ2) is 7.54. The van der Waals surface area contributed by atoms with Crippen molar-refractivity contribution in [2.45, 2.75) is 6.54 Å². The first-order valence-corrected chi connectivity index (χ1v) is 8.41. The minimum Gasteiger partial charge on any atom is -0.354 e. The van der Waals surface area contributed by atoms with E-state index in [9.17, 15) is 0 Å². The topological polar surface area (TPSA) is 31.4 Å². The van der Waals surface area contributed by atoms with Gasteiger partial charge in [0.2, 0.25) is 0 Å². The molecule has 21 heavy (non-hydrogen) atoms. The first kappa shape index (κ1) is 14.5. The molecule has 4 nitrogen and oxygen atoms in total. The summed E-state index contributed by atoms with van der Waals surface area (Å²) in [6.45, 7) is 7.56. The maximum absolute atomic E-state index is 4.43. The second-order valence-electron chi connectivity index (χ2n) is 5.27. The summed E-state index contributed by atoms with van der Waals surface area (Å²) in [4.78, 5) is 10.7. The highest BCUT2D eigenvalue weighted by Crippen LogP contribution is 2.12. The highest BCUT2D eigenvalue weighted by Gasteiger charge is 2.17. The number of pyridine rings is 1. The van der Waals surface area contributed by atoms with Gasteiger partial charge in [-0.3, -0.25) is 4.90 Å². The van der Waals surface area contributed by atoms with Crippen LogP contribution < -0.4 is 10.2 Å². The molecule has 1 aliphatic heterocycles. The van der Waals surface area contributed by atoms with Gasteiger partial charge in [-0.1, -0.05) is 12.1 Å². The van der Waals surface area contributed by atoms with E-state index in [1.807, 2.05) is 23.6 Å². The average molecular weight is 302 g/mol. The molecule has 2 aromatic heterocycles. The van der Waals surface area contributed by atoms with E-state index in [4.69, 9.17) is 0 Å². The summed E-state index contributed by atoms with van der Waals surface area (Å²) in [6.07, 6.45) is 1.87. The van der Waals surface area contributed by atoms with Gasteiger partial charge in [-0.05, 0) is 23.6 Å². The van der Waals surface area contributed by atoms with Gasteiger partial charge in [0, 0.05) is 56.9 Å². The van der Waals surface area contributed by atoms with Crippen LogP contribution >= 0.6 is 11.3 Å². The second-order valence-corrected chi connectivity index (χ2v) is 6.31. The van der Waals surface area contributed by atoms with Crippen LogP contribution in [0.15, 0.2) is 41.9 Å². The van der Waals surface area contributed by atoms with Gasteiger partial charge in [0.25, 0.3) is 0 Å². The summed E-state index contributed by atoms with van der Waals surface area (Å²) in [5.41, 5.74) is 0. The lowest BCUT2D eigenvalue weighted by Crippen LogP contribution is -2.48. The Morgan fingerprint density at radius 3 is 2.71 bits per heavy atom. The molecule has 2 aromatic rings. The van der Waals surface area contributed by atoms with E-state index in [0.29, 0.717) is 0 Å². The monoisotopic (exact) mass is 302 g/mol. The molecule has 0 amide bonds. The van der Waals surface area contributed by atoms with Crippen LogP contribution in [0.4, 0.5) is 5.82 Å². The number of piperazine rings is 1. The Hall–Kier alpha value is -1.43. The van der Waals surface area contributed by atoms with Crippen LogP contribution in [0.2, 0.25) is 0 Å². The molecule has 1 fully saturated rings. The largest absolute Gasteiger partial charge is 0.354 e. The van der Waals surface area contributed by atoms with Gasteiger partial charge in [-0.25, -0.2) is 4.98 Å². The lowest BCUT2D eigenvalue weighted by Gasteiger charge is -2.35. The number of anilines is 1. The molecule has 0 unspecified atom stereocenters. The summed E-state index contributed by atoms with van der Waals surface area (Å²) in [5.74, 6) is 1.10. The molecule has 0 aromatic carbocycles. The average Bonchev–Trinajstić information content (AvgIpc) is 3.06. The van der Waals surface area contributed by atoms with Gasteiger partial charge < -0.3 is 10.2 Å². The van der Waals surface area contributed by atoms with Gasteiger partial charge >= 0.3 is 0 Å². The molecule has 0 saturated carbocycles. The molecular formula is C16H22N4S. The van der Waals surface area contributed by atoms with E-state index in [2.05, 4.69) is 49.7 Å². The molecule has 0 aliphatic carbocycles. The number of hydrogen-bond acceptors (Lipinski definition) is 5. The Balaban J connectivity index is 1.34. The number of hydrogen-bond donors (Lipinski definition) is 1. The summed E-state index contributed by atoms with van der Waals surface area (Å²) < 4.78 is 0. The molecular weight excluding hydrogens is 280 g/mol. The maximum atomic E-state index is 4.43. The Labute approximate surface area is 130 Å². The van der Waals surface area contributed by atoms with Crippen molar-refractivity contribution in [3.63, 3.8) is 0 Å². The Kier molecular flexibility index (Phi) is 5.21. The molecule has 3 heterocycles. The summed E-state index contributed by atoms with van der Waals surface area (Å²) >= 11 is 1.82. The normalized spacial score (nSPS) is 16.3. The molecule has 112 valence electrons. The highest BCUT2D eigenvalue weighted by atomic mass is 32.1. The molecule has 1 N–H and O–H groups in total. The lowest BCUT2D eigenvalue weighted by atomic mass is 10.3. The predicted molar refractivity (Wildman–Crippen MR) is 88.9 cm³/mol. The van der Waals surface area contributed by atoms with Gasteiger partial charge in [0.05, 0.1) is 0 Å². The molecule has 0 bridgehead atoms. The molecule has 5 heteroatoms. The lowest BCUT2D eigenvalue weighted by molar-refractivity contribution is 0.257. The van der Waals surface area contributed by atoms with E-state index in [1.165, 1.54) is 4.88 Å². The first-order chi connectivity index (χ1) is 10.4. The van der Waals surface area contributed by atoms with Crippen molar-refractivity contribution in [3.05, 3.63) is 46.8 Å². The fraction of sp³-hybridized carbons (Fsp3) is 0.438. The quantitative estimate of drug-likeness (QED) is 0.828. The van der Waals surface area contributed by atoms with Crippen molar-refractivity contribution < 1.29 is 0 Å². The van der Waals surface area contributed by atoms with E-state index >= 15 is 0 Å². The van der Waals surface area contributed by atoms with Gasteiger partial charge in [0.1, 0.15) is 5.82 Å². The van der Waals surface area contributed by atoms with Crippen molar-refractivity contribution >= 4 is 17.2 Å². The number of rotatable bonds is 6. The van der Waals surface area contributed by atoms with E-state index in [1.54, 1.807) is 0 Å². The highest BCUT2D eigenvalue weighted by molar-refractivity contribution is 7.09. The molecule has 0 spiro atoms. The van der Waals surface area contributed by atoms with Crippen molar-refractivity contribution in [1.82, 2.24) is 15.2 Å². The van der Waals surface area contributed by atoms with Crippen LogP contribution in [-0.2, 0) is 6.54 Å². The summed E-state index contributed by atoms with van der Waals surface area (Å²) in [6, 6.07) is 10.4. The van der Waals surface area contributed by atoms with Crippen LogP contribution in [0.5, 0.6) is 0 Å². The van der Waals surface area contributed by atoms with E-state index in [-0.39, 0.29) is 0 Å². The fourth-order valence-electron chi connectivity index (χ4n) is 2.60. The van der Waals surface area contributed by atoms with Gasteiger partial charge in [0.15, 0.2) is 0 Å². The number of aromatic nitrogens is 1. The SMILES string of the molecule is c1ccc(N2CCN(CCNCc3cccs3)CC2)nc1. The van der Waals surface area contributed by atoms with Crippen molar-refractivity contribution in [2.24, 2.45) is 0 Å². The first-order valence-electron chi connectivity index (χ1n) is 7.53. The molecule has 0 atom stereocenters. The van der Waals surface area contributed by atoms with Crippen molar-refractivity contribution in [3.8, 4) is 0 Å². The van der Waals surface area contributed by atoms with Crippen LogP contribution in [0.25, 0.3) is 0 Å². The molecule has 1 saturated heterocycles. The van der Waals surface area contributed by atoms with Crippen LogP contribution in [0.1, 0.15) is 4.88 Å². The fourth-order valence-corrected chi connectivity index (χ4v) is 3.28. The zero-order chi connectivity index (χ0) is 14.3. The number of thiophene rings is 1. The Morgan fingerprint density at radius 2 is 2.00 bits per heavy atom. The van der Waals surface area contributed by atoms with E-state index < -0.39 is 0 Å². The smallest absolute Gasteiger partial charge is 0.128 e. The Morgan fingerprint density at radius 1 is 1.10 bits per heavy atom. The zero-order valence-corrected chi connectivity index (χ0v) is 13.1. The summed E-state index contributed by atoms with van der Waals surface area (Å²) in [5, 5.41) is 5.65. The predicted octanol–water partition coefficient (Wildman–Crippen LogP) is 2.05. The van der Waals surface area contributed by atoms with Crippen molar-refractivity contribution in [2.75, 3.05) is 44.2 Å². The third-order valence-corrected chi connectivity index (χ3v) is 4.71. The minimum atomic E-state index is 0.992. The third kappa shape index (κ3) is 4.27. The molecule has 3 rings (SSSR count). The molecule has 0 radical (unpaired) electrons. The third-order valence-electron chi connectivity index (χ3n) is 3.83. The van der Waals surface area contributed by atoms with Gasteiger partial charge in [-0.2, -0.15) is 0 Å². The number of nitrogens with one attached hydrogen (secondary N) is 1. The van der Waals surface area contributed by atoms with Crippen LogP contribution in [0.3, 0.4) is 0 Å². The zero-order valence-electron chi connectivity index (χ0n) is 12.2. The van der Waals surface area contributed by atoms with Crippen molar-refractivity contribution in [1.29, 1.82) is 0 Å². The van der Waals surface area contributed by atoms with Gasteiger partial charge in [-0.15, -0.1) is 11.3 Å². The number of nitrogens with zero attached hydrogens (tertiary/aromatic N) is 3. The Bertz CT molecular complexity index is 506.